The van der Waals surface area contributed by atoms with E-state index in [4.69, 9.17) is 0 Å². The van der Waals surface area contributed by atoms with Gasteiger partial charge in [0, 0.05) is 35.8 Å². The SMILES string of the molecule is Cc1cc(C(=O)N2CCSCC2)ccc1NC(=O)Cn1c(C(F)(F)F)nc2ccccc21. The molecule has 1 aliphatic rings. The Morgan fingerprint density at radius 2 is 1.84 bits per heavy atom. The molecule has 2 amide bonds. The highest BCUT2D eigenvalue weighted by atomic mass is 32.2. The Labute approximate surface area is 186 Å². The van der Waals surface area contributed by atoms with Gasteiger partial charge >= 0.3 is 6.18 Å². The second kappa shape index (κ2) is 8.85. The van der Waals surface area contributed by atoms with E-state index >= 15 is 0 Å². The first kappa shape index (κ1) is 22.2. The van der Waals surface area contributed by atoms with Crippen LogP contribution >= 0.6 is 11.8 Å². The van der Waals surface area contributed by atoms with Crippen molar-refractivity contribution in [3.8, 4) is 0 Å². The lowest BCUT2D eigenvalue weighted by molar-refractivity contribution is -0.147. The van der Waals surface area contributed by atoms with Crippen molar-refractivity contribution in [2.24, 2.45) is 0 Å². The zero-order valence-electron chi connectivity index (χ0n) is 17.3. The number of nitrogens with zero attached hydrogens (tertiary/aromatic N) is 3. The van der Waals surface area contributed by atoms with Gasteiger partial charge in [-0.25, -0.2) is 4.98 Å². The van der Waals surface area contributed by atoms with Crippen LogP contribution in [0.4, 0.5) is 18.9 Å². The van der Waals surface area contributed by atoms with Gasteiger partial charge in [-0.05, 0) is 42.8 Å². The summed E-state index contributed by atoms with van der Waals surface area (Å²) in [4.78, 5) is 30.7. The van der Waals surface area contributed by atoms with Crippen LogP contribution in [-0.2, 0) is 17.5 Å². The lowest BCUT2D eigenvalue weighted by atomic mass is 10.1. The predicted octanol–water partition coefficient (Wildman–Crippen LogP) is 4.19. The number of nitrogens with one attached hydrogen (secondary N) is 1. The third-order valence-corrected chi connectivity index (χ3v) is 6.20. The van der Waals surface area contributed by atoms with E-state index in [1.165, 1.54) is 12.1 Å². The molecule has 3 aromatic rings. The molecular formula is C22H21F3N4O2S. The number of carbonyl (C=O) groups is 2. The summed E-state index contributed by atoms with van der Waals surface area (Å²) in [5.74, 6) is 0.00902. The van der Waals surface area contributed by atoms with Gasteiger partial charge in [0.1, 0.15) is 6.54 Å². The zero-order chi connectivity index (χ0) is 22.9. The molecule has 1 aliphatic heterocycles. The fourth-order valence-corrected chi connectivity index (χ4v) is 4.57. The minimum Gasteiger partial charge on any atom is -0.337 e. The molecule has 0 spiro atoms. The van der Waals surface area contributed by atoms with Gasteiger partial charge in [0.2, 0.25) is 11.7 Å². The Bertz CT molecular complexity index is 1170. The molecular weight excluding hydrogens is 441 g/mol. The lowest BCUT2D eigenvalue weighted by Crippen LogP contribution is -2.37. The maximum absolute atomic E-state index is 13.4. The number of amides is 2. The van der Waals surface area contributed by atoms with Crippen molar-refractivity contribution >= 4 is 40.3 Å². The Kier molecular flexibility index (Phi) is 6.14. The smallest absolute Gasteiger partial charge is 0.337 e. The number of aryl methyl sites for hydroxylation is 1. The number of anilines is 1. The molecule has 1 N–H and O–H groups in total. The molecule has 1 aromatic heterocycles. The summed E-state index contributed by atoms with van der Waals surface area (Å²) < 4.78 is 41.2. The summed E-state index contributed by atoms with van der Waals surface area (Å²) in [5.41, 5.74) is 2.02. The number of imidazole rings is 1. The van der Waals surface area contributed by atoms with Crippen molar-refractivity contribution in [2.75, 3.05) is 29.9 Å². The van der Waals surface area contributed by atoms with Crippen LogP contribution in [0.3, 0.4) is 0 Å². The Morgan fingerprint density at radius 3 is 2.53 bits per heavy atom. The summed E-state index contributed by atoms with van der Waals surface area (Å²) in [6.07, 6.45) is -4.69. The number of aromatic nitrogens is 2. The van der Waals surface area contributed by atoms with Gasteiger partial charge < -0.3 is 14.8 Å². The molecule has 0 saturated carbocycles. The largest absolute Gasteiger partial charge is 0.449 e. The fourth-order valence-electron chi connectivity index (χ4n) is 3.67. The van der Waals surface area contributed by atoms with E-state index in [2.05, 4.69) is 10.3 Å². The number of hydrogen-bond donors (Lipinski definition) is 1. The molecule has 0 bridgehead atoms. The van der Waals surface area contributed by atoms with Crippen LogP contribution in [0.2, 0.25) is 0 Å². The topological polar surface area (TPSA) is 67.2 Å². The first-order valence-electron chi connectivity index (χ1n) is 10.0. The van der Waals surface area contributed by atoms with E-state index in [9.17, 15) is 22.8 Å². The van der Waals surface area contributed by atoms with Gasteiger partial charge in [0.15, 0.2) is 0 Å². The van der Waals surface area contributed by atoms with Crippen LogP contribution in [0.5, 0.6) is 0 Å². The van der Waals surface area contributed by atoms with Crippen molar-refractivity contribution in [1.82, 2.24) is 14.5 Å². The van der Waals surface area contributed by atoms with E-state index in [-0.39, 0.29) is 16.9 Å². The molecule has 32 heavy (non-hydrogen) atoms. The van der Waals surface area contributed by atoms with Crippen LogP contribution in [0.1, 0.15) is 21.7 Å². The first-order valence-corrected chi connectivity index (χ1v) is 11.2. The van der Waals surface area contributed by atoms with Crippen LogP contribution < -0.4 is 5.32 Å². The van der Waals surface area contributed by atoms with Crippen LogP contribution in [0.25, 0.3) is 11.0 Å². The van der Waals surface area contributed by atoms with Gasteiger partial charge in [-0.15, -0.1) is 0 Å². The summed E-state index contributed by atoms with van der Waals surface area (Å²) in [5, 5.41) is 2.65. The van der Waals surface area contributed by atoms with Crippen molar-refractivity contribution in [2.45, 2.75) is 19.6 Å². The molecule has 168 valence electrons. The molecule has 10 heteroatoms. The highest BCUT2D eigenvalue weighted by Gasteiger charge is 2.38. The maximum atomic E-state index is 13.4. The monoisotopic (exact) mass is 462 g/mol. The van der Waals surface area contributed by atoms with E-state index in [1.807, 2.05) is 11.8 Å². The third-order valence-electron chi connectivity index (χ3n) is 5.26. The third kappa shape index (κ3) is 4.59. The van der Waals surface area contributed by atoms with E-state index in [1.54, 1.807) is 42.2 Å². The molecule has 0 radical (unpaired) electrons. The molecule has 0 aliphatic carbocycles. The minimum atomic E-state index is -4.69. The molecule has 0 atom stereocenters. The maximum Gasteiger partial charge on any atom is 0.449 e. The average Bonchev–Trinajstić information content (AvgIpc) is 3.14. The van der Waals surface area contributed by atoms with E-state index in [0.29, 0.717) is 29.9 Å². The Morgan fingerprint density at radius 1 is 1.12 bits per heavy atom. The first-order chi connectivity index (χ1) is 15.2. The van der Waals surface area contributed by atoms with Gasteiger partial charge in [-0.3, -0.25) is 9.59 Å². The normalized spacial score (nSPS) is 14.6. The lowest BCUT2D eigenvalue weighted by Gasteiger charge is -2.26. The molecule has 4 rings (SSSR count). The van der Waals surface area contributed by atoms with Gasteiger partial charge in [0.05, 0.1) is 11.0 Å². The summed E-state index contributed by atoms with van der Waals surface area (Å²) >= 11 is 1.81. The number of rotatable bonds is 4. The number of hydrogen-bond acceptors (Lipinski definition) is 4. The summed E-state index contributed by atoms with van der Waals surface area (Å²) in [6, 6.07) is 11.1. The van der Waals surface area contributed by atoms with Crippen molar-refractivity contribution in [3.05, 3.63) is 59.4 Å². The number of benzene rings is 2. The van der Waals surface area contributed by atoms with Gasteiger partial charge in [0.25, 0.3) is 5.91 Å². The van der Waals surface area contributed by atoms with Gasteiger partial charge in [-0.1, -0.05) is 12.1 Å². The molecule has 2 heterocycles. The average molecular weight is 462 g/mol. The molecule has 0 unspecified atom stereocenters. The quantitative estimate of drug-likeness (QED) is 0.632. The Hall–Kier alpha value is -3.01. The molecule has 1 saturated heterocycles. The second-order valence-corrected chi connectivity index (χ2v) is 8.72. The van der Waals surface area contributed by atoms with Crippen molar-refractivity contribution in [3.63, 3.8) is 0 Å². The number of para-hydroxylation sites is 2. The zero-order valence-corrected chi connectivity index (χ0v) is 18.1. The highest BCUT2D eigenvalue weighted by Crippen LogP contribution is 2.31. The molecule has 2 aromatic carbocycles. The molecule has 1 fully saturated rings. The van der Waals surface area contributed by atoms with Crippen molar-refractivity contribution < 1.29 is 22.8 Å². The number of fused-ring (bicyclic) bond motifs is 1. The number of halogens is 3. The Balaban J connectivity index is 1.52. The van der Waals surface area contributed by atoms with E-state index in [0.717, 1.165) is 16.1 Å². The summed E-state index contributed by atoms with van der Waals surface area (Å²) in [7, 11) is 0. The van der Waals surface area contributed by atoms with Crippen LogP contribution in [-0.4, -0.2) is 50.9 Å². The number of thioether (sulfide) groups is 1. The van der Waals surface area contributed by atoms with Crippen LogP contribution in [0, 0.1) is 6.92 Å². The minimum absolute atomic E-state index is 0.0639. The van der Waals surface area contributed by atoms with Crippen LogP contribution in [0.15, 0.2) is 42.5 Å². The van der Waals surface area contributed by atoms with Crippen molar-refractivity contribution in [1.29, 1.82) is 0 Å². The van der Waals surface area contributed by atoms with Gasteiger partial charge in [-0.2, -0.15) is 24.9 Å². The summed E-state index contributed by atoms with van der Waals surface area (Å²) in [6.45, 7) is 2.59. The van der Waals surface area contributed by atoms with E-state index < -0.39 is 24.5 Å². The number of alkyl halides is 3. The second-order valence-electron chi connectivity index (χ2n) is 7.49. The predicted molar refractivity (Wildman–Crippen MR) is 118 cm³/mol. The standard InChI is InChI=1S/C22H21F3N4O2S/c1-14-12-15(20(31)28-8-10-32-11-9-28)6-7-16(14)26-19(30)13-29-18-5-3-2-4-17(18)27-21(29)22(23,24)25/h2-7,12H,8-11,13H2,1H3,(H,26,30). The fraction of sp³-hybridized carbons (Fsp3) is 0.318. The number of carbonyl (C=O) groups excluding carboxylic acids is 2. The highest BCUT2D eigenvalue weighted by molar-refractivity contribution is 7.99. The molecule has 6 nitrogen and oxygen atoms in total.